The lowest BCUT2D eigenvalue weighted by molar-refractivity contribution is -0.131. The third-order valence-electron chi connectivity index (χ3n) is 6.37. The van der Waals surface area contributed by atoms with Crippen LogP contribution in [0.15, 0.2) is 29.3 Å². The molecule has 4 rings (SSSR count). The highest BCUT2D eigenvalue weighted by molar-refractivity contribution is 8.18. The Morgan fingerprint density at radius 3 is 2.52 bits per heavy atom. The molecule has 3 amide bonds. The first-order valence-electron chi connectivity index (χ1n) is 12.0. The van der Waals surface area contributed by atoms with Gasteiger partial charge in [0, 0.05) is 36.8 Å². The van der Waals surface area contributed by atoms with Gasteiger partial charge in [-0.25, -0.2) is 0 Å². The highest BCUT2D eigenvalue weighted by Crippen LogP contribution is 2.35. The van der Waals surface area contributed by atoms with Gasteiger partial charge in [0.15, 0.2) is 0 Å². The van der Waals surface area contributed by atoms with E-state index in [9.17, 15) is 14.4 Å². The molecule has 176 valence electrons. The van der Waals surface area contributed by atoms with E-state index in [0.29, 0.717) is 11.4 Å². The molecule has 1 aromatic carbocycles. The minimum Gasteiger partial charge on any atom is -0.341 e. The number of para-hydroxylation sites is 1. The Labute approximate surface area is 200 Å². The quantitative estimate of drug-likeness (QED) is 0.541. The van der Waals surface area contributed by atoms with Gasteiger partial charge < -0.3 is 9.47 Å². The number of benzene rings is 1. The molecule has 6 nitrogen and oxygen atoms in total. The van der Waals surface area contributed by atoms with Crippen LogP contribution in [0.2, 0.25) is 0 Å². The summed E-state index contributed by atoms with van der Waals surface area (Å²) in [5.74, 6) is 0.132. The number of aryl methyl sites for hydroxylation is 1. The molecule has 0 radical (unpaired) electrons. The fourth-order valence-electron chi connectivity index (χ4n) is 4.72. The predicted molar refractivity (Wildman–Crippen MR) is 134 cm³/mol. The summed E-state index contributed by atoms with van der Waals surface area (Å²) in [4.78, 5) is 42.2. The topological polar surface area (TPSA) is 62.6 Å². The zero-order valence-electron chi connectivity index (χ0n) is 19.8. The molecule has 2 fully saturated rings. The van der Waals surface area contributed by atoms with E-state index < -0.39 is 0 Å². The van der Waals surface area contributed by atoms with Crippen molar-refractivity contribution in [1.29, 1.82) is 0 Å². The van der Waals surface area contributed by atoms with Crippen LogP contribution in [-0.2, 0) is 22.6 Å². The molecule has 2 aliphatic rings. The largest absolute Gasteiger partial charge is 0.341 e. The number of thioether (sulfide) groups is 1. The monoisotopic (exact) mass is 467 g/mol. The second kappa shape index (κ2) is 10.2. The van der Waals surface area contributed by atoms with Crippen molar-refractivity contribution < 1.29 is 14.4 Å². The van der Waals surface area contributed by atoms with Crippen molar-refractivity contribution in [3.63, 3.8) is 0 Å². The van der Waals surface area contributed by atoms with Crippen LogP contribution >= 0.6 is 11.8 Å². The number of aromatic nitrogens is 1. The van der Waals surface area contributed by atoms with Crippen LogP contribution in [0.5, 0.6) is 0 Å². The Morgan fingerprint density at radius 1 is 1.12 bits per heavy atom. The molecule has 1 aromatic heterocycles. The number of hydrogen-bond donors (Lipinski definition) is 0. The van der Waals surface area contributed by atoms with Gasteiger partial charge in [-0.05, 0) is 48.6 Å². The smallest absolute Gasteiger partial charge is 0.293 e. The molecule has 0 atom stereocenters. The van der Waals surface area contributed by atoms with Crippen molar-refractivity contribution in [2.24, 2.45) is 5.92 Å². The van der Waals surface area contributed by atoms with Gasteiger partial charge in [-0.3, -0.25) is 19.3 Å². The van der Waals surface area contributed by atoms with E-state index in [1.165, 1.54) is 23.3 Å². The van der Waals surface area contributed by atoms with E-state index in [0.717, 1.165) is 60.6 Å². The van der Waals surface area contributed by atoms with Gasteiger partial charge in [0.05, 0.1) is 10.4 Å². The molecule has 0 unspecified atom stereocenters. The molecule has 2 aromatic rings. The number of rotatable bonds is 6. The number of carbonyl (C=O) groups is 3. The first-order valence-corrected chi connectivity index (χ1v) is 12.8. The Morgan fingerprint density at radius 2 is 1.85 bits per heavy atom. The van der Waals surface area contributed by atoms with Gasteiger partial charge in [0.25, 0.3) is 11.1 Å². The standard InChI is InChI=1S/C26H33N3O3S/c1-4-19-10-9-11-21-20(14-22-25(31)29(15-18(2)3)26(32)33-22)16-28(24(19)21)17-23(30)27-12-7-5-6-8-13-27/h9-11,14,16,18H,4-8,12-13,15,17H2,1-3H3/b22-14-. The van der Waals surface area contributed by atoms with Crippen LogP contribution in [0.25, 0.3) is 17.0 Å². The van der Waals surface area contributed by atoms with Crippen LogP contribution in [-0.4, -0.2) is 51.1 Å². The highest BCUT2D eigenvalue weighted by atomic mass is 32.2. The summed E-state index contributed by atoms with van der Waals surface area (Å²) in [5.41, 5.74) is 3.08. The van der Waals surface area contributed by atoms with Crippen molar-refractivity contribution in [1.82, 2.24) is 14.4 Å². The molecule has 7 heteroatoms. The highest BCUT2D eigenvalue weighted by Gasteiger charge is 2.35. The molecule has 2 aliphatic heterocycles. The van der Waals surface area contributed by atoms with Crippen LogP contribution in [0.1, 0.15) is 57.6 Å². The summed E-state index contributed by atoms with van der Waals surface area (Å²) < 4.78 is 2.03. The number of amides is 3. The Balaban J connectivity index is 1.69. The lowest BCUT2D eigenvalue weighted by Crippen LogP contribution is -2.34. The van der Waals surface area contributed by atoms with Crippen molar-refractivity contribution in [3.8, 4) is 0 Å². The zero-order valence-corrected chi connectivity index (χ0v) is 20.6. The Kier molecular flexibility index (Phi) is 7.27. The fraction of sp³-hybridized carbons (Fsp3) is 0.500. The molecule has 0 aliphatic carbocycles. The number of nitrogens with zero attached hydrogens (tertiary/aromatic N) is 3. The van der Waals surface area contributed by atoms with E-state index in [-0.39, 0.29) is 29.5 Å². The predicted octanol–water partition coefficient (Wildman–Crippen LogP) is 5.30. The van der Waals surface area contributed by atoms with E-state index in [1.807, 2.05) is 47.7 Å². The summed E-state index contributed by atoms with van der Waals surface area (Å²) in [7, 11) is 0. The molecule has 0 N–H and O–H groups in total. The molecule has 0 bridgehead atoms. The third kappa shape index (κ3) is 5.03. The molecule has 0 saturated carbocycles. The van der Waals surface area contributed by atoms with E-state index >= 15 is 0 Å². The lowest BCUT2D eigenvalue weighted by Gasteiger charge is -2.21. The van der Waals surface area contributed by atoms with E-state index in [1.54, 1.807) is 0 Å². The first kappa shape index (κ1) is 23.6. The fourth-order valence-corrected chi connectivity index (χ4v) is 5.56. The van der Waals surface area contributed by atoms with E-state index in [4.69, 9.17) is 0 Å². The maximum atomic E-state index is 13.1. The van der Waals surface area contributed by atoms with Crippen molar-refractivity contribution >= 4 is 45.8 Å². The summed E-state index contributed by atoms with van der Waals surface area (Å²) >= 11 is 0.999. The summed E-state index contributed by atoms with van der Waals surface area (Å²) in [6.45, 7) is 8.47. The summed E-state index contributed by atoms with van der Waals surface area (Å²) in [6.07, 6.45) is 9.14. The van der Waals surface area contributed by atoms with Gasteiger partial charge in [0.2, 0.25) is 5.91 Å². The molecule has 0 spiro atoms. The third-order valence-corrected chi connectivity index (χ3v) is 7.27. The van der Waals surface area contributed by atoms with E-state index in [2.05, 4.69) is 13.0 Å². The maximum absolute atomic E-state index is 13.1. The van der Waals surface area contributed by atoms with Crippen molar-refractivity contribution in [3.05, 3.63) is 40.4 Å². The number of hydrogen-bond acceptors (Lipinski definition) is 4. The Hall–Kier alpha value is -2.54. The molecule has 33 heavy (non-hydrogen) atoms. The number of likely N-dealkylation sites (tertiary alicyclic amines) is 1. The summed E-state index contributed by atoms with van der Waals surface area (Å²) in [5, 5.41) is 0.794. The van der Waals surface area contributed by atoms with Gasteiger partial charge in [-0.2, -0.15) is 0 Å². The maximum Gasteiger partial charge on any atom is 0.293 e. The van der Waals surface area contributed by atoms with Crippen LogP contribution in [0, 0.1) is 5.92 Å². The minimum atomic E-state index is -0.230. The first-order chi connectivity index (χ1) is 15.9. The normalized spacial score (nSPS) is 18.7. The van der Waals surface area contributed by atoms with Gasteiger partial charge >= 0.3 is 0 Å². The molecule has 2 saturated heterocycles. The van der Waals surface area contributed by atoms with Gasteiger partial charge in [0.1, 0.15) is 6.54 Å². The minimum absolute atomic E-state index is 0.142. The zero-order chi connectivity index (χ0) is 23.5. The van der Waals surface area contributed by atoms with Crippen molar-refractivity contribution in [2.45, 2.75) is 59.4 Å². The van der Waals surface area contributed by atoms with Crippen LogP contribution in [0.4, 0.5) is 4.79 Å². The van der Waals surface area contributed by atoms with Crippen molar-refractivity contribution in [2.75, 3.05) is 19.6 Å². The van der Waals surface area contributed by atoms with Gasteiger partial charge in [-0.15, -0.1) is 0 Å². The molecule has 3 heterocycles. The van der Waals surface area contributed by atoms with Crippen LogP contribution in [0.3, 0.4) is 0 Å². The second-order valence-electron chi connectivity index (χ2n) is 9.36. The van der Waals surface area contributed by atoms with Crippen LogP contribution < -0.4 is 0 Å². The lowest BCUT2D eigenvalue weighted by atomic mass is 10.1. The number of carbonyl (C=O) groups excluding carboxylic acids is 3. The molecular formula is C26H33N3O3S. The van der Waals surface area contributed by atoms with Gasteiger partial charge in [-0.1, -0.05) is 51.8 Å². The number of imide groups is 1. The second-order valence-corrected chi connectivity index (χ2v) is 10.4. The molecular weight excluding hydrogens is 434 g/mol. The SMILES string of the molecule is CCc1cccc2c(/C=C3\SC(=O)N(CC(C)C)C3=O)cn(CC(=O)N3CCCCCC3)c12. The average molecular weight is 468 g/mol. The average Bonchev–Trinajstić information content (AvgIpc) is 3.10. The summed E-state index contributed by atoms with van der Waals surface area (Å²) in [6, 6.07) is 6.14. The number of fused-ring (bicyclic) bond motifs is 1. The Bertz CT molecular complexity index is 1090.